The van der Waals surface area contributed by atoms with Gasteiger partial charge in [-0.05, 0) is 58.5 Å². The summed E-state index contributed by atoms with van der Waals surface area (Å²) in [6, 6.07) is 13.9. The standard InChI is InChI=1S/C37H35NO15S2/c1-44-23-8-16(9-24(45-2)33(23)46-12-17-5-6-27(55-17)38(42)43)28-18-10-21-22(50-15-49-21)11-19(18)32(20-13-47-35(41)29(20)28)52-37-31(40)30(39)34-25(51-37)14-48-36(53-34)26-4-3-7-54-26/h3-11,20,25,28-32,34,36-37,39-40H,12-15H2,1-2H3/t20-,25+,28+,29-,30+,31+,32+,34+,36+,37-/m0/s1. The Labute approximate surface area is 321 Å². The summed E-state index contributed by atoms with van der Waals surface area (Å²) in [5.74, 6) is -0.588. The minimum absolute atomic E-state index is 0.00340. The number of thiophene rings is 2. The molecule has 2 aromatic heterocycles. The molecule has 5 aliphatic rings. The summed E-state index contributed by atoms with van der Waals surface area (Å²) in [5.41, 5.74) is 1.96. The molecule has 2 aromatic carbocycles. The smallest absolute Gasteiger partial charge is 0.324 e. The minimum Gasteiger partial charge on any atom is -0.493 e. The number of aliphatic hydroxyl groups excluding tert-OH is 2. The molecule has 18 heteroatoms. The molecule has 0 spiro atoms. The molecule has 3 saturated heterocycles. The van der Waals surface area contributed by atoms with Gasteiger partial charge >= 0.3 is 11.0 Å². The number of fused-ring (bicyclic) bond motifs is 4. The molecule has 3 fully saturated rings. The van der Waals surface area contributed by atoms with Crippen LogP contribution in [0, 0.1) is 22.0 Å². The number of esters is 1. The van der Waals surface area contributed by atoms with Crippen LogP contribution in [-0.2, 0) is 35.1 Å². The fraction of sp³-hybridized carbons (Fsp3) is 0.432. The molecule has 0 bridgehead atoms. The second kappa shape index (κ2) is 14.5. The van der Waals surface area contributed by atoms with Crippen molar-refractivity contribution < 1.29 is 67.3 Å². The summed E-state index contributed by atoms with van der Waals surface area (Å²) in [6.45, 7) is 0.113. The number of carbonyl (C=O) groups excluding carboxylic acids is 1. The molecule has 2 N–H and O–H groups in total. The highest BCUT2D eigenvalue weighted by molar-refractivity contribution is 7.15. The van der Waals surface area contributed by atoms with Gasteiger partial charge in [-0.25, -0.2) is 0 Å². The number of nitro groups is 1. The van der Waals surface area contributed by atoms with Crippen LogP contribution in [0.25, 0.3) is 0 Å². The van der Waals surface area contributed by atoms with Gasteiger partial charge in [-0.15, -0.1) is 11.3 Å². The predicted molar refractivity (Wildman–Crippen MR) is 190 cm³/mol. The maximum absolute atomic E-state index is 13.8. The summed E-state index contributed by atoms with van der Waals surface area (Å²) < 4.78 is 59.8. The van der Waals surface area contributed by atoms with Crippen molar-refractivity contribution in [3.05, 3.63) is 90.5 Å². The molecule has 0 unspecified atom stereocenters. The Morgan fingerprint density at radius 1 is 0.945 bits per heavy atom. The number of aliphatic hydroxyl groups is 2. The van der Waals surface area contributed by atoms with E-state index in [4.69, 9.17) is 47.4 Å². The van der Waals surface area contributed by atoms with E-state index in [-0.39, 0.29) is 37.4 Å². The lowest BCUT2D eigenvalue weighted by molar-refractivity contribution is -0.380. The summed E-state index contributed by atoms with van der Waals surface area (Å²) in [5, 5.41) is 35.8. The van der Waals surface area contributed by atoms with E-state index in [1.807, 2.05) is 23.6 Å². The van der Waals surface area contributed by atoms with Crippen LogP contribution in [-0.4, -0.2) is 86.0 Å². The lowest BCUT2D eigenvalue weighted by atomic mass is 9.66. The maximum atomic E-state index is 13.8. The molecule has 0 amide bonds. The number of carbonyl (C=O) groups is 1. The van der Waals surface area contributed by atoms with Crippen LogP contribution in [0.2, 0.25) is 0 Å². The van der Waals surface area contributed by atoms with Crippen LogP contribution in [0.3, 0.4) is 0 Å². The Kier molecular flexibility index (Phi) is 9.54. The summed E-state index contributed by atoms with van der Waals surface area (Å²) in [7, 11) is 2.95. The van der Waals surface area contributed by atoms with Crippen molar-refractivity contribution in [2.45, 2.75) is 55.6 Å². The van der Waals surface area contributed by atoms with Gasteiger partial charge < -0.3 is 57.6 Å². The Bertz CT molecular complexity index is 2060. The highest BCUT2D eigenvalue weighted by Gasteiger charge is 2.56. The Morgan fingerprint density at radius 3 is 2.40 bits per heavy atom. The Hall–Kier alpha value is -4.53. The van der Waals surface area contributed by atoms with Crippen LogP contribution in [0.5, 0.6) is 28.7 Å². The van der Waals surface area contributed by atoms with E-state index in [0.29, 0.717) is 44.6 Å². The average molecular weight is 798 g/mol. The fourth-order valence-electron chi connectivity index (χ4n) is 8.00. The summed E-state index contributed by atoms with van der Waals surface area (Å²) >= 11 is 2.46. The van der Waals surface area contributed by atoms with Gasteiger partial charge in [0.1, 0.15) is 31.0 Å². The van der Waals surface area contributed by atoms with E-state index < -0.39 is 71.7 Å². The van der Waals surface area contributed by atoms with Crippen molar-refractivity contribution in [1.29, 1.82) is 0 Å². The molecule has 0 saturated carbocycles. The molecule has 55 heavy (non-hydrogen) atoms. The van der Waals surface area contributed by atoms with Crippen molar-refractivity contribution >= 4 is 33.6 Å². The Morgan fingerprint density at radius 2 is 1.71 bits per heavy atom. The van der Waals surface area contributed by atoms with E-state index >= 15 is 0 Å². The minimum atomic E-state index is -1.50. The molecule has 0 radical (unpaired) electrons. The molecule has 9 rings (SSSR count). The lowest BCUT2D eigenvalue weighted by Crippen LogP contribution is -2.62. The Balaban J connectivity index is 1.05. The molecule has 10 atom stereocenters. The number of nitrogens with zero attached hydrogens (tertiary/aromatic N) is 1. The number of rotatable bonds is 10. The second-order valence-corrected chi connectivity index (χ2v) is 15.7. The van der Waals surface area contributed by atoms with Gasteiger partial charge in [0, 0.05) is 22.8 Å². The van der Waals surface area contributed by atoms with Crippen LogP contribution in [0.1, 0.15) is 44.8 Å². The predicted octanol–water partition coefficient (Wildman–Crippen LogP) is 4.60. The number of cyclic esters (lactones) is 1. The third-order valence-corrected chi connectivity index (χ3v) is 12.4. The van der Waals surface area contributed by atoms with E-state index in [0.717, 1.165) is 16.2 Å². The number of ether oxygens (including phenoxy) is 10. The van der Waals surface area contributed by atoms with Gasteiger partial charge in [-0.1, -0.05) is 17.4 Å². The average Bonchev–Trinajstić information content (AvgIpc) is 4.03. The topological polar surface area (TPSA) is 193 Å². The highest BCUT2D eigenvalue weighted by Crippen LogP contribution is 2.57. The first-order valence-corrected chi connectivity index (χ1v) is 19.1. The molecule has 16 nitrogen and oxygen atoms in total. The molecular formula is C37H35NO15S2. The SMILES string of the molecule is COc1cc([C@@H]2c3cc4c(cc3[C@@H](O[C@@H]3O[C@@H]5CO[C@@H](c6cccs6)O[C@H]5[C@H](O)[C@H]3O)[C@H]3COC(=O)[C@H]23)OCO4)cc(OC)c1OCc1ccc([N+](=O)[O-])s1. The number of benzene rings is 2. The molecular weight excluding hydrogens is 763 g/mol. The van der Waals surface area contributed by atoms with Gasteiger partial charge in [0.25, 0.3) is 0 Å². The molecule has 6 heterocycles. The first kappa shape index (κ1) is 36.1. The molecule has 4 aromatic rings. The third-order valence-electron chi connectivity index (χ3n) is 10.5. The van der Waals surface area contributed by atoms with Crippen LogP contribution in [0.15, 0.2) is 53.9 Å². The quantitative estimate of drug-likeness (QED) is 0.128. The molecule has 4 aliphatic heterocycles. The second-order valence-electron chi connectivity index (χ2n) is 13.5. The molecule has 1 aliphatic carbocycles. The first-order valence-electron chi connectivity index (χ1n) is 17.4. The summed E-state index contributed by atoms with van der Waals surface area (Å²) in [6.07, 6.45) is -7.38. The van der Waals surface area contributed by atoms with Crippen molar-refractivity contribution in [1.82, 2.24) is 0 Å². The third kappa shape index (κ3) is 6.35. The molecule has 290 valence electrons. The van der Waals surface area contributed by atoms with Gasteiger partial charge in [0.05, 0.1) is 49.3 Å². The monoisotopic (exact) mass is 797 g/mol. The zero-order valence-corrected chi connectivity index (χ0v) is 30.9. The number of methoxy groups -OCH3 is 2. The maximum Gasteiger partial charge on any atom is 0.324 e. The fourth-order valence-corrected chi connectivity index (χ4v) is 9.44. The zero-order valence-electron chi connectivity index (χ0n) is 29.3. The number of hydrogen-bond donors (Lipinski definition) is 2. The van der Waals surface area contributed by atoms with Crippen molar-refractivity contribution in [2.75, 3.05) is 34.2 Å². The van der Waals surface area contributed by atoms with Crippen LogP contribution < -0.4 is 23.7 Å². The van der Waals surface area contributed by atoms with Gasteiger partial charge in [0.2, 0.25) is 12.5 Å². The van der Waals surface area contributed by atoms with Gasteiger partial charge in [0.15, 0.2) is 35.6 Å². The van der Waals surface area contributed by atoms with Gasteiger partial charge in [-0.2, -0.15) is 0 Å². The van der Waals surface area contributed by atoms with Crippen LogP contribution >= 0.6 is 22.7 Å². The number of hydrogen-bond acceptors (Lipinski definition) is 17. The normalized spacial score (nSPS) is 30.5. The van der Waals surface area contributed by atoms with Gasteiger partial charge in [-0.3, -0.25) is 14.9 Å². The lowest BCUT2D eigenvalue weighted by Gasteiger charge is -2.48. The van der Waals surface area contributed by atoms with Crippen molar-refractivity contribution in [3.63, 3.8) is 0 Å². The van der Waals surface area contributed by atoms with E-state index in [1.54, 1.807) is 24.3 Å². The largest absolute Gasteiger partial charge is 0.493 e. The van der Waals surface area contributed by atoms with E-state index in [1.165, 1.54) is 31.6 Å². The summed E-state index contributed by atoms with van der Waals surface area (Å²) in [4.78, 5) is 26.0. The van der Waals surface area contributed by atoms with Crippen molar-refractivity contribution in [3.8, 4) is 28.7 Å². The van der Waals surface area contributed by atoms with Crippen LogP contribution in [0.4, 0.5) is 5.00 Å². The first-order chi connectivity index (χ1) is 26.7. The van der Waals surface area contributed by atoms with Crippen molar-refractivity contribution in [2.24, 2.45) is 11.8 Å². The van der Waals surface area contributed by atoms with E-state index in [2.05, 4.69) is 0 Å². The zero-order chi connectivity index (χ0) is 38.0. The highest BCUT2D eigenvalue weighted by atomic mass is 32.1. The van der Waals surface area contributed by atoms with E-state index in [9.17, 15) is 25.1 Å².